The molecule has 0 aliphatic carbocycles. The molecule has 6 heteroatoms. The van der Waals surface area contributed by atoms with Gasteiger partial charge in [-0.25, -0.2) is 9.18 Å². The molecule has 0 bridgehead atoms. The van der Waals surface area contributed by atoms with Gasteiger partial charge < -0.3 is 4.74 Å². The monoisotopic (exact) mass is 407 g/mol. The minimum Gasteiger partial charge on any atom is -0.444 e. The lowest BCUT2D eigenvalue weighted by molar-refractivity contribution is 0.0634. The fraction of sp³-hybridized carbons (Fsp3) is 0.263. The van der Waals surface area contributed by atoms with Gasteiger partial charge in [0.2, 0.25) is 0 Å². The molecular formula is C19H19BrFNO3. The summed E-state index contributed by atoms with van der Waals surface area (Å²) in [7, 11) is 0. The maximum absolute atomic E-state index is 14.9. The molecule has 0 aliphatic heterocycles. The largest absolute Gasteiger partial charge is 0.444 e. The van der Waals surface area contributed by atoms with Crippen LogP contribution in [-0.2, 0) is 4.74 Å². The Morgan fingerprint density at radius 2 is 1.76 bits per heavy atom. The van der Waals surface area contributed by atoms with E-state index in [2.05, 4.69) is 21.2 Å². The van der Waals surface area contributed by atoms with Crippen LogP contribution in [0.25, 0.3) is 0 Å². The standard InChI is InChI=1S/C19H19BrFNO3/c1-11-7-5-6-8-12(11)17(23)15-13(20)9-10-14(16(15)21)22-18(24)25-19(2,3)4/h5-10H,1-4H3,(H,22,24). The third-order valence-corrected chi connectivity index (χ3v) is 4.00. The van der Waals surface area contributed by atoms with Gasteiger partial charge in [-0.2, -0.15) is 0 Å². The first kappa shape index (κ1) is 19.1. The van der Waals surface area contributed by atoms with Crippen molar-refractivity contribution in [1.29, 1.82) is 0 Å². The lowest BCUT2D eigenvalue weighted by atomic mass is 9.98. The summed E-state index contributed by atoms with van der Waals surface area (Å²) >= 11 is 3.21. The molecule has 0 aromatic heterocycles. The molecule has 0 saturated heterocycles. The van der Waals surface area contributed by atoms with Gasteiger partial charge in [0.15, 0.2) is 11.6 Å². The Morgan fingerprint density at radius 1 is 1.12 bits per heavy atom. The summed E-state index contributed by atoms with van der Waals surface area (Å²) in [5.74, 6) is -1.27. The molecule has 4 nitrogen and oxygen atoms in total. The topological polar surface area (TPSA) is 55.4 Å². The fourth-order valence-corrected chi connectivity index (χ4v) is 2.72. The van der Waals surface area contributed by atoms with E-state index in [9.17, 15) is 14.0 Å². The predicted molar refractivity (Wildman–Crippen MR) is 98.6 cm³/mol. The van der Waals surface area contributed by atoms with E-state index in [0.29, 0.717) is 10.0 Å². The summed E-state index contributed by atoms with van der Waals surface area (Å²) in [4.78, 5) is 24.6. The maximum atomic E-state index is 14.9. The minimum absolute atomic E-state index is 0.116. The zero-order valence-corrected chi connectivity index (χ0v) is 16.0. The van der Waals surface area contributed by atoms with Crippen molar-refractivity contribution in [3.05, 3.63) is 63.4 Å². The van der Waals surface area contributed by atoms with E-state index in [1.807, 2.05) is 0 Å². The zero-order valence-electron chi connectivity index (χ0n) is 14.4. The number of carbonyl (C=O) groups is 2. The molecular weight excluding hydrogens is 389 g/mol. The Balaban J connectivity index is 2.39. The third kappa shape index (κ3) is 4.66. The Kier molecular flexibility index (Phi) is 5.62. The second-order valence-corrected chi connectivity index (χ2v) is 7.41. The van der Waals surface area contributed by atoms with Crippen LogP contribution in [0.4, 0.5) is 14.9 Å². The molecule has 25 heavy (non-hydrogen) atoms. The van der Waals surface area contributed by atoms with Crippen LogP contribution in [0.1, 0.15) is 42.3 Å². The van der Waals surface area contributed by atoms with Gasteiger partial charge in [-0.15, -0.1) is 0 Å². The van der Waals surface area contributed by atoms with Crippen LogP contribution >= 0.6 is 15.9 Å². The van der Waals surface area contributed by atoms with Gasteiger partial charge in [-0.1, -0.05) is 24.3 Å². The summed E-state index contributed by atoms with van der Waals surface area (Å²) in [6.07, 6.45) is -0.789. The molecule has 0 radical (unpaired) electrons. The highest BCUT2D eigenvalue weighted by Crippen LogP contribution is 2.29. The SMILES string of the molecule is Cc1ccccc1C(=O)c1c(Br)ccc(NC(=O)OC(C)(C)C)c1F. The molecule has 0 aliphatic rings. The quantitative estimate of drug-likeness (QED) is 0.685. The van der Waals surface area contributed by atoms with E-state index in [-0.39, 0.29) is 11.3 Å². The van der Waals surface area contributed by atoms with E-state index in [0.717, 1.165) is 5.56 Å². The Bertz CT molecular complexity index is 828. The predicted octanol–water partition coefficient (Wildman–Crippen LogP) is 5.47. The number of ketones is 1. The number of anilines is 1. The number of halogens is 2. The molecule has 0 atom stereocenters. The van der Waals surface area contributed by atoms with Gasteiger partial charge in [-0.3, -0.25) is 10.1 Å². The second-order valence-electron chi connectivity index (χ2n) is 6.55. The van der Waals surface area contributed by atoms with Crippen LogP contribution in [-0.4, -0.2) is 17.5 Å². The lowest BCUT2D eigenvalue weighted by Crippen LogP contribution is -2.27. The molecule has 0 heterocycles. The van der Waals surface area contributed by atoms with E-state index in [1.54, 1.807) is 52.0 Å². The number of ether oxygens (including phenoxy) is 1. The van der Waals surface area contributed by atoms with E-state index in [4.69, 9.17) is 4.74 Å². The number of hydrogen-bond donors (Lipinski definition) is 1. The van der Waals surface area contributed by atoms with Crippen molar-refractivity contribution in [2.75, 3.05) is 5.32 Å². The average molecular weight is 408 g/mol. The Hall–Kier alpha value is -2.21. The number of nitrogens with one attached hydrogen (secondary N) is 1. The van der Waals surface area contributed by atoms with Gasteiger partial charge in [0.25, 0.3) is 0 Å². The maximum Gasteiger partial charge on any atom is 0.412 e. The van der Waals surface area contributed by atoms with Gasteiger partial charge in [-0.05, 0) is 61.3 Å². The van der Waals surface area contributed by atoms with E-state index < -0.39 is 23.3 Å². The molecule has 132 valence electrons. The van der Waals surface area contributed by atoms with Gasteiger partial charge >= 0.3 is 6.09 Å². The first-order valence-corrected chi connectivity index (χ1v) is 8.48. The van der Waals surface area contributed by atoms with Crippen LogP contribution in [0, 0.1) is 12.7 Å². The molecule has 1 amide bonds. The molecule has 1 N–H and O–H groups in total. The number of amides is 1. The van der Waals surface area contributed by atoms with Crippen molar-refractivity contribution in [3.8, 4) is 0 Å². The summed E-state index contributed by atoms with van der Waals surface area (Å²) in [6.45, 7) is 6.90. The van der Waals surface area contributed by atoms with E-state index in [1.165, 1.54) is 12.1 Å². The van der Waals surface area contributed by atoms with E-state index >= 15 is 0 Å². The Labute approximate surface area is 154 Å². The summed E-state index contributed by atoms with van der Waals surface area (Å²) in [5.41, 5.74) is 0.175. The molecule has 2 aromatic rings. The molecule has 2 aromatic carbocycles. The van der Waals surface area contributed by atoms with Gasteiger partial charge in [0, 0.05) is 10.0 Å². The highest BCUT2D eigenvalue weighted by atomic mass is 79.9. The van der Waals surface area contributed by atoms with Crippen LogP contribution in [0.5, 0.6) is 0 Å². The number of hydrogen-bond acceptors (Lipinski definition) is 3. The first-order valence-electron chi connectivity index (χ1n) is 7.68. The van der Waals surface area contributed by atoms with Crippen molar-refractivity contribution in [2.24, 2.45) is 0 Å². The van der Waals surface area contributed by atoms with Gasteiger partial charge in [0.05, 0.1) is 11.3 Å². The van der Waals surface area contributed by atoms with Crippen LogP contribution in [0.15, 0.2) is 40.9 Å². The minimum atomic E-state index is -0.812. The molecule has 2 rings (SSSR count). The van der Waals surface area contributed by atoms with Crippen molar-refractivity contribution in [2.45, 2.75) is 33.3 Å². The van der Waals surface area contributed by atoms with Crippen molar-refractivity contribution >= 4 is 33.5 Å². The number of aryl methyl sites for hydroxylation is 1. The van der Waals surface area contributed by atoms with Gasteiger partial charge in [0.1, 0.15) is 5.60 Å². The van der Waals surface area contributed by atoms with Crippen LogP contribution in [0.3, 0.4) is 0 Å². The summed E-state index contributed by atoms with van der Waals surface area (Å²) in [5, 5.41) is 2.35. The zero-order chi connectivity index (χ0) is 18.8. The number of carbonyl (C=O) groups excluding carboxylic acids is 2. The molecule has 0 saturated carbocycles. The molecule has 0 unspecified atom stereocenters. The van der Waals surface area contributed by atoms with Crippen molar-refractivity contribution in [3.63, 3.8) is 0 Å². The van der Waals surface area contributed by atoms with Crippen molar-refractivity contribution < 1.29 is 18.7 Å². The summed E-state index contributed by atoms with van der Waals surface area (Å²) < 4.78 is 20.3. The number of benzene rings is 2. The second kappa shape index (κ2) is 7.35. The average Bonchev–Trinajstić information content (AvgIpc) is 2.49. The normalized spacial score (nSPS) is 11.1. The smallest absolute Gasteiger partial charge is 0.412 e. The highest BCUT2D eigenvalue weighted by molar-refractivity contribution is 9.10. The van der Waals surface area contributed by atoms with Crippen LogP contribution < -0.4 is 5.32 Å². The highest BCUT2D eigenvalue weighted by Gasteiger charge is 2.23. The summed E-state index contributed by atoms with van der Waals surface area (Å²) in [6, 6.07) is 9.82. The number of rotatable bonds is 3. The molecule has 0 spiro atoms. The lowest BCUT2D eigenvalue weighted by Gasteiger charge is -2.20. The third-order valence-electron chi connectivity index (χ3n) is 3.34. The fourth-order valence-electron chi connectivity index (χ4n) is 2.23. The first-order chi connectivity index (χ1) is 11.6. The Morgan fingerprint density at radius 3 is 2.36 bits per heavy atom. The molecule has 0 fully saturated rings. The van der Waals surface area contributed by atoms with Crippen LogP contribution in [0.2, 0.25) is 0 Å². The van der Waals surface area contributed by atoms with Crippen molar-refractivity contribution in [1.82, 2.24) is 0 Å².